The largest absolute Gasteiger partial charge is 0.378 e. The second-order valence-electron chi connectivity index (χ2n) is 8.20. The summed E-state index contributed by atoms with van der Waals surface area (Å²) in [4.78, 5) is 45.6. The highest BCUT2D eigenvalue weighted by molar-refractivity contribution is 7.09. The van der Waals surface area contributed by atoms with Gasteiger partial charge in [-0.3, -0.25) is 19.3 Å². The number of carbonyl (C=O) groups excluding carboxylic acids is 3. The molecule has 1 aromatic heterocycles. The molecule has 0 bridgehead atoms. The van der Waals surface area contributed by atoms with Crippen molar-refractivity contribution in [3.05, 3.63) is 51.7 Å². The Hall–Kier alpha value is -2.71. The van der Waals surface area contributed by atoms with Gasteiger partial charge < -0.3 is 14.5 Å². The van der Waals surface area contributed by atoms with E-state index in [4.69, 9.17) is 4.74 Å². The van der Waals surface area contributed by atoms with Gasteiger partial charge in [0.2, 0.25) is 5.91 Å². The van der Waals surface area contributed by atoms with Crippen LogP contribution in [0.1, 0.15) is 38.4 Å². The molecule has 2 saturated heterocycles. The summed E-state index contributed by atoms with van der Waals surface area (Å²) in [5.74, 6) is -0.418. The van der Waals surface area contributed by atoms with Crippen molar-refractivity contribution in [3.8, 4) is 0 Å². The van der Waals surface area contributed by atoms with E-state index in [2.05, 4.69) is 4.90 Å². The van der Waals surface area contributed by atoms with Crippen LogP contribution < -0.4 is 4.90 Å². The van der Waals surface area contributed by atoms with Crippen molar-refractivity contribution in [2.75, 3.05) is 44.3 Å². The molecule has 3 aliphatic rings. The lowest BCUT2D eigenvalue weighted by Gasteiger charge is -2.37. The van der Waals surface area contributed by atoms with Crippen LogP contribution in [-0.2, 0) is 16.1 Å². The Morgan fingerprint density at radius 1 is 1.06 bits per heavy atom. The summed E-state index contributed by atoms with van der Waals surface area (Å²) in [5.41, 5.74) is 1.70. The maximum atomic E-state index is 13.3. The predicted molar refractivity (Wildman–Crippen MR) is 117 cm³/mol. The zero-order valence-corrected chi connectivity index (χ0v) is 18.1. The van der Waals surface area contributed by atoms with Gasteiger partial charge in [0.1, 0.15) is 0 Å². The van der Waals surface area contributed by atoms with Gasteiger partial charge in [0.05, 0.1) is 42.5 Å². The Bertz CT molecular complexity index is 1000. The average molecular weight is 440 g/mol. The Morgan fingerprint density at radius 2 is 1.90 bits per heavy atom. The first-order valence-corrected chi connectivity index (χ1v) is 11.6. The molecule has 31 heavy (non-hydrogen) atoms. The van der Waals surface area contributed by atoms with E-state index in [1.54, 1.807) is 6.07 Å². The number of hydrogen-bond acceptors (Lipinski definition) is 6. The van der Waals surface area contributed by atoms with Crippen LogP contribution in [0.25, 0.3) is 0 Å². The summed E-state index contributed by atoms with van der Waals surface area (Å²) >= 11 is 1.53. The van der Waals surface area contributed by atoms with Gasteiger partial charge in [-0.25, -0.2) is 0 Å². The van der Waals surface area contributed by atoms with Crippen molar-refractivity contribution in [1.82, 2.24) is 9.80 Å². The summed E-state index contributed by atoms with van der Waals surface area (Å²) in [5, 5.41) is 1.94. The Labute approximate surface area is 185 Å². The van der Waals surface area contributed by atoms with E-state index < -0.39 is 0 Å². The quantitative estimate of drug-likeness (QED) is 0.685. The Kier molecular flexibility index (Phi) is 5.50. The fraction of sp³-hybridized carbons (Fsp3) is 0.435. The normalized spacial score (nSPS) is 21.5. The van der Waals surface area contributed by atoms with Crippen molar-refractivity contribution in [3.63, 3.8) is 0 Å². The summed E-state index contributed by atoms with van der Waals surface area (Å²) in [6.07, 6.45) is 1.73. The average Bonchev–Trinajstić information content (AvgIpc) is 3.42. The van der Waals surface area contributed by atoms with E-state index in [1.807, 2.05) is 34.5 Å². The standard InChI is InChI=1S/C23H25N3O4S/c27-21(24-9-11-30-12-10-24)16-4-2-8-25(14-16)19-7-1-6-18-20(19)23(29)26(22(18)28)15-17-5-3-13-31-17/h1,3,5-7,13,16H,2,4,8-12,14-15H2/t16-/m1/s1. The number of benzene rings is 1. The summed E-state index contributed by atoms with van der Waals surface area (Å²) in [6.45, 7) is 4.09. The first-order valence-electron chi connectivity index (χ1n) is 10.8. The minimum absolute atomic E-state index is 0.0999. The first kappa shape index (κ1) is 20.2. The molecule has 0 N–H and O–H groups in total. The number of amides is 3. The third-order valence-corrected chi connectivity index (χ3v) is 7.17. The number of morpholine rings is 1. The van der Waals surface area contributed by atoms with Gasteiger partial charge in [-0.1, -0.05) is 12.1 Å². The number of fused-ring (bicyclic) bond motifs is 1. The van der Waals surface area contributed by atoms with Gasteiger partial charge >= 0.3 is 0 Å². The monoisotopic (exact) mass is 439 g/mol. The molecular weight excluding hydrogens is 414 g/mol. The van der Waals surface area contributed by atoms with Crippen molar-refractivity contribution < 1.29 is 19.1 Å². The molecule has 1 aromatic carbocycles. The molecule has 5 rings (SSSR count). The molecule has 0 spiro atoms. The predicted octanol–water partition coefficient (Wildman–Crippen LogP) is 2.62. The van der Waals surface area contributed by atoms with Crippen LogP contribution in [0.5, 0.6) is 0 Å². The van der Waals surface area contributed by atoms with Gasteiger partial charge in [0.15, 0.2) is 0 Å². The molecule has 2 aromatic rings. The fourth-order valence-corrected chi connectivity index (χ4v) is 5.41. The molecule has 3 amide bonds. The van der Waals surface area contributed by atoms with Crippen molar-refractivity contribution in [2.24, 2.45) is 5.92 Å². The molecule has 7 nitrogen and oxygen atoms in total. The van der Waals surface area contributed by atoms with Crippen LogP contribution in [0, 0.1) is 5.92 Å². The van der Waals surface area contributed by atoms with E-state index in [9.17, 15) is 14.4 Å². The van der Waals surface area contributed by atoms with Crippen LogP contribution in [0.3, 0.4) is 0 Å². The Balaban J connectivity index is 1.38. The lowest BCUT2D eigenvalue weighted by atomic mass is 9.94. The molecule has 0 radical (unpaired) electrons. The maximum absolute atomic E-state index is 13.3. The van der Waals surface area contributed by atoms with Gasteiger partial charge in [0, 0.05) is 31.1 Å². The lowest BCUT2D eigenvalue weighted by Crippen LogP contribution is -2.48. The SMILES string of the molecule is O=C([C@@H]1CCCN(c2cccc3c2C(=O)N(Cc2cccs2)C3=O)C1)N1CCOCC1. The van der Waals surface area contributed by atoms with Gasteiger partial charge in [-0.2, -0.15) is 0 Å². The molecule has 0 saturated carbocycles. The molecule has 1 atom stereocenters. The van der Waals surface area contributed by atoms with E-state index in [0.717, 1.165) is 30.0 Å². The molecule has 4 heterocycles. The molecule has 8 heteroatoms. The number of carbonyl (C=O) groups is 3. The second kappa shape index (κ2) is 8.43. The number of ether oxygens (including phenoxy) is 1. The number of anilines is 1. The van der Waals surface area contributed by atoms with Crippen LogP contribution >= 0.6 is 11.3 Å². The molecule has 0 unspecified atom stereocenters. The highest BCUT2D eigenvalue weighted by Crippen LogP contribution is 2.35. The number of piperidine rings is 1. The zero-order chi connectivity index (χ0) is 21.4. The van der Waals surface area contributed by atoms with Crippen LogP contribution in [0.2, 0.25) is 0 Å². The summed E-state index contributed by atoms with van der Waals surface area (Å²) < 4.78 is 5.37. The number of thiophene rings is 1. The molecule has 0 aliphatic carbocycles. The molecule has 3 aliphatic heterocycles. The molecule has 162 valence electrons. The molecular formula is C23H25N3O4S. The van der Waals surface area contributed by atoms with E-state index in [0.29, 0.717) is 50.5 Å². The van der Waals surface area contributed by atoms with Gasteiger partial charge in [0.25, 0.3) is 11.8 Å². The summed E-state index contributed by atoms with van der Waals surface area (Å²) in [6, 6.07) is 9.32. The van der Waals surface area contributed by atoms with Crippen LogP contribution in [0.15, 0.2) is 35.7 Å². The minimum atomic E-state index is -0.245. The Morgan fingerprint density at radius 3 is 2.68 bits per heavy atom. The third kappa shape index (κ3) is 3.74. The number of rotatable bonds is 4. The van der Waals surface area contributed by atoms with Crippen LogP contribution in [0.4, 0.5) is 5.69 Å². The number of imide groups is 1. The summed E-state index contributed by atoms with van der Waals surface area (Å²) in [7, 11) is 0. The van der Waals surface area contributed by atoms with Crippen LogP contribution in [-0.4, -0.2) is 66.9 Å². The van der Waals surface area contributed by atoms with Gasteiger partial charge in [-0.05, 0) is 36.4 Å². The highest BCUT2D eigenvalue weighted by atomic mass is 32.1. The molecule has 2 fully saturated rings. The smallest absolute Gasteiger partial charge is 0.264 e. The highest BCUT2D eigenvalue weighted by Gasteiger charge is 2.40. The van der Waals surface area contributed by atoms with Crippen molar-refractivity contribution in [2.45, 2.75) is 19.4 Å². The number of hydrogen-bond donors (Lipinski definition) is 0. The number of nitrogens with zero attached hydrogens (tertiary/aromatic N) is 3. The first-order chi connectivity index (χ1) is 15.1. The van der Waals surface area contributed by atoms with E-state index in [1.165, 1.54) is 16.2 Å². The topological polar surface area (TPSA) is 70.2 Å². The second-order valence-corrected chi connectivity index (χ2v) is 9.23. The minimum Gasteiger partial charge on any atom is -0.378 e. The van der Waals surface area contributed by atoms with Gasteiger partial charge in [-0.15, -0.1) is 11.3 Å². The van der Waals surface area contributed by atoms with Crippen molar-refractivity contribution in [1.29, 1.82) is 0 Å². The fourth-order valence-electron chi connectivity index (χ4n) is 4.72. The van der Waals surface area contributed by atoms with Crippen molar-refractivity contribution >= 4 is 34.7 Å². The lowest BCUT2D eigenvalue weighted by molar-refractivity contribution is -0.139. The zero-order valence-electron chi connectivity index (χ0n) is 17.3. The van der Waals surface area contributed by atoms with E-state index in [-0.39, 0.29) is 23.6 Å². The van der Waals surface area contributed by atoms with E-state index >= 15 is 0 Å². The maximum Gasteiger partial charge on any atom is 0.264 e. The third-order valence-electron chi connectivity index (χ3n) is 6.31.